The Morgan fingerprint density at radius 1 is 1.27 bits per heavy atom. The maximum Gasteiger partial charge on any atom is 0.244 e. The van der Waals surface area contributed by atoms with Crippen LogP contribution in [0.4, 0.5) is 11.4 Å². The molecule has 0 unspecified atom stereocenters. The van der Waals surface area contributed by atoms with Crippen molar-refractivity contribution in [2.45, 2.75) is 25.8 Å². The Hall–Kier alpha value is -2.67. The maximum atomic E-state index is 12.7. The van der Waals surface area contributed by atoms with Crippen LogP contribution in [0, 0.1) is 0 Å². The Balaban J connectivity index is 1.66. The SMILES string of the molecule is CN(C)CCn1cc(NC(=O)CN2C(=O)C(C)(C)c3ccccc32)cn1. The Labute approximate surface area is 153 Å². The minimum absolute atomic E-state index is 0.0118. The molecule has 1 aromatic heterocycles. The first kappa shape index (κ1) is 18.1. The lowest BCUT2D eigenvalue weighted by Crippen LogP contribution is -2.40. The highest BCUT2D eigenvalue weighted by Gasteiger charge is 2.44. The zero-order chi connectivity index (χ0) is 18.9. The summed E-state index contributed by atoms with van der Waals surface area (Å²) in [5.41, 5.74) is 1.77. The first-order chi connectivity index (χ1) is 12.3. The number of fused-ring (bicyclic) bond motifs is 1. The number of amides is 2. The first-order valence-electron chi connectivity index (χ1n) is 8.67. The summed E-state index contributed by atoms with van der Waals surface area (Å²) in [6.45, 7) is 5.38. The summed E-state index contributed by atoms with van der Waals surface area (Å²) in [4.78, 5) is 28.8. The van der Waals surface area contributed by atoms with Gasteiger partial charge in [-0.1, -0.05) is 18.2 Å². The van der Waals surface area contributed by atoms with E-state index in [2.05, 4.69) is 15.3 Å². The van der Waals surface area contributed by atoms with Gasteiger partial charge in [-0.25, -0.2) is 0 Å². The Kier molecular flexibility index (Phi) is 4.82. The van der Waals surface area contributed by atoms with Crippen molar-refractivity contribution in [2.24, 2.45) is 0 Å². The fourth-order valence-electron chi connectivity index (χ4n) is 3.15. The van der Waals surface area contributed by atoms with Gasteiger partial charge in [0, 0.05) is 18.4 Å². The predicted molar refractivity (Wildman–Crippen MR) is 101 cm³/mol. The molecule has 2 amide bonds. The second kappa shape index (κ2) is 6.92. The molecule has 0 spiro atoms. The topological polar surface area (TPSA) is 70.5 Å². The number of rotatable bonds is 6. The van der Waals surface area contributed by atoms with Gasteiger partial charge >= 0.3 is 0 Å². The number of nitrogens with zero attached hydrogens (tertiary/aromatic N) is 4. The van der Waals surface area contributed by atoms with E-state index in [1.54, 1.807) is 22.0 Å². The van der Waals surface area contributed by atoms with Gasteiger partial charge in [-0.05, 0) is 39.6 Å². The van der Waals surface area contributed by atoms with Gasteiger partial charge in [0.25, 0.3) is 0 Å². The summed E-state index contributed by atoms with van der Waals surface area (Å²) in [5, 5.41) is 7.07. The average molecular weight is 355 g/mol. The van der Waals surface area contributed by atoms with Crippen LogP contribution in [-0.2, 0) is 21.5 Å². The molecule has 2 aromatic rings. The molecule has 0 fully saturated rings. The van der Waals surface area contributed by atoms with Crippen LogP contribution in [0.5, 0.6) is 0 Å². The second-order valence-corrected chi connectivity index (χ2v) is 7.38. The highest BCUT2D eigenvalue weighted by molar-refractivity contribution is 6.11. The number of nitrogens with one attached hydrogen (secondary N) is 1. The van der Waals surface area contributed by atoms with Crippen molar-refractivity contribution in [2.75, 3.05) is 37.4 Å². The molecule has 3 rings (SSSR count). The van der Waals surface area contributed by atoms with E-state index in [-0.39, 0.29) is 18.4 Å². The van der Waals surface area contributed by atoms with Crippen molar-refractivity contribution in [1.29, 1.82) is 0 Å². The van der Waals surface area contributed by atoms with Gasteiger partial charge < -0.3 is 15.1 Å². The van der Waals surface area contributed by atoms with Crippen LogP contribution in [0.25, 0.3) is 0 Å². The van der Waals surface area contributed by atoms with E-state index in [4.69, 9.17) is 0 Å². The predicted octanol–water partition coefficient (Wildman–Crippen LogP) is 1.71. The maximum absolute atomic E-state index is 12.7. The van der Waals surface area contributed by atoms with Gasteiger partial charge in [-0.2, -0.15) is 5.10 Å². The molecule has 1 N–H and O–H groups in total. The summed E-state index contributed by atoms with van der Waals surface area (Å²) >= 11 is 0. The van der Waals surface area contributed by atoms with Crippen LogP contribution in [0.2, 0.25) is 0 Å². The minimum atomic E-state index is -0.617. The average Bonchev–Trinajstić information content (AvgIpc) is 3.10. The lowest BCUT2D eigenvalue weighted by atomic mass is 9.86. The summed E-state index contributed by atoms with van der Waals surface area (Å²) in [6.07, 6.45) is 3.42. The van der Waals surface area contributed by atoms with Gasteiger partial charge in [0.15, 0.2) is 0 Å². The van der Waals surface area contributed by atoms with E-state index in [1.165, 1.54) is 0 Å². The van der Waals surface area contributed by atoms with Crippen molar-refractivity contribution in [3.8, 4) is 0 Å². The molecule has 7 heteroatoms. The van der Waals surface area contributed by atoms with Crippen LogP contribution in [0.15, 0.2) is 36.7 Å². The Bertz CT molecular complexity index is 825. The van der Waals surface area contributed by atoms with Gasteiger partial charge in [0.05, 0.1) is 23.8 Å². The molecule has 0 saturated carbocycles. The number of hydrogen-bond donors (Lipinski definition) is 1. The van der Waals surface area contributed by atoms with Crippen LogP contribution < -0.4 is 10.2 Å². The van der Waals surface area contributed by atoms with E-state index in [9.17, 15) is 9.59 Å². The normalized spacial score (nSPS) is 15.4. The summed E-state index contributed by atoms with van der Waals surface area (Å²) in [6, 6.07) is 7.63. The fourth-order valence-corrected chi connectivity index (χ4v) is 3.15. The van der Waals surface area contributed by atoms with Crippen molar-refractivity contribution < 1.29 is 9.59 Å². The van der Waals surface area contributed by atoms with Gasteiger partial charge in [0.2, 0.25) is 11.8 Å². The third-order valence-electron chi connectivity index (χ3n) is 4.64. The molecule has 0 bridgehead atoms. The summed E-state index contributed by atoms with van der Waals surface area (Å²) in [7, 11) is 4.00. The molecular formula is C19H25N5O2. The van der Waals surface area contributed by atoms with Gasteiger partial charge in [-0.15, -0.1) is 0 Å². The van der Waals surface area contributed by atoms with E-state index < -0.39 is 5.41 Å². The van der Waals surface area contributed by atoms with Crippen LogP contribution in [0.1, 0.15) is 19.4 Å². The number of hydrogen-bond acceptors (Lipinski definition) is 4. The number of carbonyl (C=O) groups is 2. The standard InChI is InChI=1S/C19H25N5O2/c1-19(2)15-7-5-6-8-16(15)24(18(19)26)13-17(25)21-14-11-20-23(12-14)10-9-22(3)4/h5-8,11-12H,9-10,13H2,1-4H3,(H,21,25). The molecule has 0 aliphatic carbocycles. The van der Waals surface area contributed by atoms with Crippen molar-refractivity contribution >= 4 is 23.2 Å². The molecule has 0 atom stereocenters. The highest BCUT2D eigenvalue weighted by atomic mass is 16.2. The lowest BCUT2D eigenvalue weighted by Gasteiger charge is -2.19. The quantitative estimate of drug-likeness (QED) is 0.856. The largest absolute Gasteiger partial charge is 0.322 e. The highest BCUT2D eigenvalue weighted by Crippen LogP contribution is 2.40. The number of carbonyl (C=O) groups excluding carboxylic acids is 2. The first-order valence-corrected chi connectivity index (χ1v) is 8.67. The van der Waals surface area contributed by atoms with E-state index in [1.807, 2.05) is 52.2 Å². The number of benzene rings is 1. The molecule has 138 valence electrons. The van der Waals surface area contributed by atoms with Crippen molar-refractivity contribution in [1.82, 2.24) is 14.7 Å². The van der Waals surface area contributed by atoms with Crippen LogP contribution in [-0.4, -0.2) is 53.7 Å². The van der Waals surface area contributed by atoms with Crippen molar-refractivity contribution in [3.05, 3.63) is 42.2 Å². The summed E-state index contributed by atoms with van der Waals surface area (Å²) in [5.74, 6) is -0.298. The molecule has 0 saturated heterocycles. The van der Waals surface area contributed by atoms with Crippen molar-refractivity contribution in [3.63, 3.8) is 0 Å². The monoisotopic (exact) mass is 355 g/mol. The lowest BCUT2D eigenvalue weighted by molar-refractivity contribution is -0.124. The van der Waals surface area contributed by atoms with Gasteiger partial charge in [0.1, 0.15) is 6.54 Å². The molecule has 1 aromatic carbocycles. The summed E-state index contributed by atoms with van der Waals surface area (Å²) < 4.78 is 1.79. The minimum Gasteiger partial charge on any atom is -0.322 e. The zero-order valence-corrected chi connectivity index (χ0v) is 15.7. The van der Waals surface area contributed by atoms with E-state index in [0.29, 0.717) is 5.69 Å². The third kappa shape index (κ3) is 3.48. The zero-order valence-electron chi connectivity index (χ0n) is 15.7. The molecular weight excluding hydrogens is 330 g/mol. The number of anilines is 2. The van der Waals surface area contributed by atoms with E-state index >= 15 is 0 Å². The Morgan fingerprint density at radius 3 is 2.73 bits per heavy atom. The molecule has 1 aliphatic heterocycles. The molecule has 2 heterocycles. The Morgan fingerprint density at radius 2 is 2.00 bits per heavy atom. The molecule has 7 nitrogen and oxygen atoms in total. The van der Waals surface area contributed by atoms with Crippen LogP contribution in [0.3, 0.4) is 0 Å². The fraction of sp³-hybridized carbons (Fsp3) is 0.421. The number of aromatic nitrogens is 2. The molecule has 26 heavy (non-hydrogen) atoms. The van der Waals surface area contributed by atoms with Crippen LogP contribution >= 0.6 is 0 Å². The second-order valence-electron chi connectivity index (χ2n) is 7.38. The van der Waals surface area contributed by atoms with E-state index in [0.717, 1.165) is 24.3 Å². The molecule has 1 aliphatic rings. The third-order valence-corrected chi connectivity index (χ3v) is 4.64. The number of para-hydroxylation sites is 1. The molecule has 0 radical (unpaired) electrons. The number of likely N-dealkylation sites (N-methyl/N-ethyl adjacent to an activating group) is 1. The smallest absolute Gasteiger partial charge is 0.244 e. The van der Waals surface area contributed by atoms with Gasteiger partial charge in [-0.3, -0.25) is 14.3 Å².